The largest absolute Gasteiger partial charge is 0.410 e. The number of rotatable bonds is 10. The molecule has 336 valence electrons. The molecule has 0 spiro atoms. The van der Waals surface area contributed by atoms with Gasteiger partial charge in [-0.3, -0.25) is 29.7 Å². The van der Waals surface area contributed by atoms with Gasteiger partial charge in [0.15, 0.2) is 39.0 Å². The van der Waals surface area contributed by atoms with Crippen molar-refractivity contribution in [3.8, 4) is 0 Å². The van der Waals surface area contributed by atoms with Crippen molar-refractivity contribution in [1.82, 2.24) is 39.0 Å². The first-order chi connectivity index (χ1) is 28.2. The summed E-state index contributed by atoms with van der Waals surface area (Å²) in [4.78, 5) is 59.0. The molecule has 4 heterocycles. The van der Waals surface area contributed by atoms with Crippen molar-refractivity contribution >= 4 is 56.8 Å². The molecule has 4 aromatic rings. The number of imidazole rings is 2. The Morgan fingerprint density at radius 2 is 1.23 bits per heavy atom. The number of nitrogens with one attached hydrogen (secondary N) is 3. The molecule has 15 nitrogen and oxygen atoms in total. The predicted octanol–water partition coefficient (Wildman–Crippen LogP) is 7.81. The lowest BCUT2D eigenvalue weighted by atomic mass is 9.97. The standard InChI is InChI=1S/C23H36FN5O3Si.C19H30FN5O2Si/c1-9-23-10-13(23)16(14(24)17(23)32-33(7,8)22(4,5)6)29-11-25-15-18(29)26-21(28-20(15)31)27-19(30)12(2)3;1-7-19-8-10(19)13(11(20)14(19)27-28(5,6)18(2,3)4)25-9-22-12-15(25)23-17(21)24-16(12)26/h11-14,16-17H,9-10H2,1-8H3,(H2,26,27,28,30,31);9-11,13-14H,7-8H2,1-6H3,(H3,21,23,24,26)/t13-,14+,16-,17+,23-;10-,11+,13-,14+,19-/m11/s1. The molecule has 61 heavy (non-hydrogen) atoms. The normalized spacial score (nSPS) is 31.0. The Hall–Kier alpha value is -3.82. The van der Waals surface area contributed by atoms with Crippen molar-refractivity contribution in [2.24, 2.45) is 28.6 Å². The molecule has 4 saturated carbocycles. The molecule has 4 fully saturated rings. The zero-order valence-electron chi connectivity index (χ0n) is 38.2. The van der Waals surface area contributed by atoms with Crippen LogP contribution in [-0.2, 0) is 13.6 Å². The smallest absolute Gasteiger partial charge is 0.280 e. The highest BCUT2D eigenvalue weighted by Crippen LogP contribution is 2.72. The summed E-state index contributed by atoms with van der Waals surface area (Å²) in [6, 6.07) is -0.943. The van der Waals surface area contributed by atoms with E-state index in [2.05, 4.69) is 117 Å². The molecule has 0 radical (unpaired) electrons. The number of H-pyrrole nitrogens is 2. The molecule has 0 aromatic carbocycles. The van der Waals surface area contributed by atoms with Crippen molar-refractivity contribution in [3.05, 3.63) is 33.4 Å². The quantitative estimate of drug-likeness (QED) is 0.114. The van der Waals surface area contributed by atoms with E-state index in [1.165, 1.54) is 12.7 Å². The van der Waals surface area contributed by atoms with Crippen LogP contribution in [0.25, 0.3) is 22.3 Å². The van der Waals surface area contributed by atoms with Crippen LogP contribution in [0.1, 0.15) is 107 Å². The van der Waals surface area contributed by atoms with Crippen LogP contribution in [0.2, 0.25) is 36.3 Å². The fourth-order valence-electron chi connectivity index (χ4n) is 9.60. The van der Waals surface area contributed by atoms with Crippen LogP contribution in [0.3, 0.4) is 0 Å². The first kappa shape index (κ1) is 45.2. The molecule has 5 N–H and O–H groups in total. The summed E-state index contributed by atoms with van der Waals surface area (Å²) in [5.74, 6) is -0.220. The van der Waals surface area contributed by atoms with E-state index in [4.69, 9.17) is 14.6 Å². The maximum absolute atomic E-state index is 16.2. The number of hydrogen-bond donors (Lipinski definition) is 4. The average molecular weight is 885 g/mol. The van der Waals surface area contributed by atoms with Gasteiger partial charge in [0.1, 0.15) is 12.3 Å². The van der Waals surface area contributed by atoms with Gasteiger partial charge in [0.25, 0.3) is 11.1 Å². The van der Waals surface area contributed by atoms with Crippen molar-refractivity contribution in [2.45, 2.75) is 168 Å². The van der Waals surface area contributed by atoms with Gasteiger partial charge in [0, 0.05) is 16.7 Å². The number of nitrogens with zero attached hydrogens (tertiary/aromatic N) is 6. The van der Waals surface area contributed by atoms with Gasteiger partial charge in [0.2, 0.25) is 17.8 Å². The van der Waals surface area contributed by atoms with E-state index in [-0.39, 0.29) is 73.1 Å². The molecule has 10 atom stereocenters. The minimum atomic E-state index is -2.19. The molecule has 0 saturated heterocycles. The highest BCUT2D eigenvalue weighted by molar-refractivity contribution is 6.74. The number of aromatic nitrogens is 8. The lowest BCUT2D eigenvalue weighted by Crippen LogP contribution is -2.48. The number of alkyl halides is 2. The second-order valence-electron chi connectivity index (χ2n) is 21.4. The van der Waals surface area contributed by atoms with Crippen LogP contribution >= 0.6 is 0 Å². The molecule has 19 heteroatoms. The highest BCUT2D eigenvalue weighted by Gasteiger charge is 2.74. The minimum Gasteiger partial charge on any atom is -0.410 e. The van der Waals surface area contributed by atoms with E-state index >= 15 is 8.78 Å². The van der Waals surface area contributed by atoms with Crippen molar-refractivity contribution in [2.75, 3.05) is 11.1 Å². The summed E-state index contributed by atoms with van der Waals surface area (Å²) in [7, 11) is -4.32. The van der Waals surface area contributed by atoms with Gasteiger partial charge < -0.3 is 23.7 Å². The number of halogens is 2. The van der Waals surface area contributed by atoms with E-state index in [9.17, 15) is 14.4 Å². The number of carbonyl (C=O) groups is 1. The lowest BCUT2D eigenvalue weighted by Gasteiger charge is -2.41. The third kappa shape index (κ3) is 7.31. The maximum Gasteiger partial charge on any atom is 0.280 e. The zero-order valence-corrected chi connectivity index (χ0v) is 40.2. The van der Waals surface area contributed by atoms with Gasteiger partial charge in [-0.1, -0.05) is 69.2 Å². The average Bonchev–Trinajstić information content (AvgIpc) is 3.87. The molecule has 4 aliphatic carbocycles. The van der Waals surface area contributed by atoms with Crippen LogP contribution < -0.4 is 22.2 Å². The molecule has 0 aliphatic heterocycles. The Balaban J connectivity index is 0.000000186. The topological polar surface area (TPSA) is 201 Å². The summed E-state index contributed by atoms with van der Waals surface area (Å²) in [5, 5.41) is 2.62. The Morgan fingerprint density at radius 3 is 1.62 bits per heavy atom. The SMILES string of the molecule is CC[C@@]12C[C@@H]1[C@@H](n1cnc3c(=O)[nH]c(N)nc31)[C@H](F)[C@@H]2O[Si](C)(C)C(C)(C)C.CC[C@@]12C[C@@H]1[C@@H](n1cnc3c(=O)[nH]c(NC(=O)C(C)C)nc31)[C@H](F)[C@@H]2O[Si](C)(C)C(C)(C)C. The second-order valence-corrected chi connectivity index (χ2v) is 30.9. The van der Waals surface area contributed by atoms with Gasteiger partial charge in [-0.25, -0.2) is 18.7 Å². The second kappa shape index (κ2) is 14.9. The van der Waals surface area contributed by atoms with E-state index in [1.54, 1.807) is 23.0 Å². The molecule has 0 bridgehead atoms. The van der Waals surface area contributed by atoms with E-state index in [0.717, 1.165) is 25.7 Å². The summed E-state index contributed by atoms with van der Waals surface area (Å²) >= 11 is 0. The van der Waals surface area contributed by atoms with Crippen LogP contribution in [0.5, 0.6) is 0 Å². The minimum absolute atomic E-state index is 0.00905. The number of nitrogens with two attached hydrogens (primary N) is 1. The highest BCUT2D eigenvalue weighted by atomic mass is 28.4. The van der Waals surface area contributed by atoms with E-state index < -0.39 is 64.4 Å². The van der Waals surface area contributed by atoms with Crippen LogP contribution in [-0.4, -0.2) is 86.1 Å². The molecule has 1 amide bonds. The molecular formula is C42H66F2N10O5Si2. The van der Waals surface area contributed by atoms with Gasteiger partial charge >= 0.3 is 0 Å². The third-order valence-corrected chi connectivity index (χ3v) is 24.5. The van der Waals surface area contributed by atoms with Crippen molar-refractivity contribution in [1.29, 1.82) is 0 Å². The van der Waals surface area contributed by atoms with Crippen LogP contribution in [0, 0.1) is 28.6 Å². The number of aromatic amines is 2. The number of carbonyl (C=O) groups excluding carboxylic acids is 1. The summed E-state index contributed by atoms with van der Waals surface area (Å²) in [6.45, 7) is 29.4. The molecule has 4 aliphatic rings. The molecule has 0 unspecified atom stereocenters. The first-order valence-corrected chi connectivity index (χ1v) is 27.6. The van der Waals surface area contributed by atoms with E-state index in [1.807, 2.05) is 0 Å². The van der Waals surface area contributed by atoms with Gasteiger partial charge in [-0.2, -0.15) is 9.97 Å². The number of anilines is 2. The van der Waals surface area contributed by atoms with Crippen LogP contribution in [0.4, 0.5) is 20.7 Å². The fraction of sp³-hybridized carbons (Fsp3) is 0.738. The summed E-state index contributed by atoms with van der Waals surface area (Å²) < 4.78 is 48.7. The van der Waals surface area contributed by atoms with Crippen LogP contribution in [0.15, 0.2) is 22.2 Å². The van der Waals surface area contributed by atoms with Crippen molar-refractivity contribution in [3.63, 3.8) is 0 Å². The summed E-state index contributed by atoms with van der Waals surface area (Å²) in [6.07, 6.45) is 3.21. The summed E-state index contributed by atoms with van der Waals surface area (Å²) in [5.41, 5.74) is 5.47. The van der Waals surface area contributed by atoms with Gasteiger partial charge in [-0.15, -0.1) is 0 Å². The maximum atomic E-state index is 16.2. The molecule has 8 rings (SSSR count). The lowest BCUT2D eigenvalue weighted by molar-refractivity contribution is -0.118. The number of amides is 1. The predicted molar refractivity (Wildman–Crippen MR) is 238 cm³/mol. The Morgan fingerprint density at radius 1 is 0.820 bits per heavy atom. The monoisotopic (exact) mass is 884 g/mol. The number of fused-ring (bicyclic) bond motifs is 4. The Bertz CT molecular complexity index is 2450. The Kier molecular flexibility index (Phi) is 11.0. The first-order valence-electron chi connectivity index (χ1n) is 21.8. The van der Waals surface area contributed by atoms with Gasteiger partial charge in [-0.05, 0) is 73.8 Å². The van der Waals surface area contributed by atoms with Gasteiger partial charge in [0.05, 0.1) is 36.9 Å². The van der Waals surface area contributed by atoms with Crippen molar-refractivity contribution < 1.29 is 22.4 Å². The molecule has 4 aromatic heterocycles. The fourth-order valence-corrected chi connectivity index (χ4v) is 12.3. The number of hydrogen-bond acceptors (Lipinski definition) is 10. The number of nitrogen functional groups attached to an aromatic ring is 1. The van der Waals surface area contributed by atoms with E-state index in [0.29, 0.717) is 5.65 Å². The zero-order chi connectivity index (χ0) is 45.2. The molecular weight excluding hydrogens is 819 g/mol. The Labute approximate surface area is 358 Å². The third-order valence-electron chi connectivity index (χ3n) is 15.6.